The topological polar surface area (TPSA) is 70.0 Å². The minimum atomic E-state index is -0.814. The second-order valence-corrected chi connectivity index (χ2v) is 4.93. The predicted octanol–water partition coefficient (Wildman–Crippen LogP) is 2.50. The zero-order chi connectivity index (χ0) is 15.3. The first-order chi connectivity index (χ1) is 9.40. The van der Waals surface area contributed by atoms with Crippen LogP contribution in [0.2, 0.25) is 0 Å². The number of rotatable bonds is 7. The summed E-state index contributed by atoms with van der Waals surface area (Å²) >= 11 is 0. The molecule has 0 spiro atoms. The number of nitrogens with zero attached hydrogens (tertiary/aromatic N) is 1. The largest absolute Gasteiger partial charge is 0.508 e. The van der Waals surface area contributed by atoms with Crippen molar-refractivity contribution in [3.63, 3.8) is 0 Å². The number of methoxy groups -OCH3 is 1. The van der Waals surface area contributed by atoms with Crippen LogP contribution in [0.3, 0.4) is 0 Å². The lowest BCUT2D eigenvalue weighted by Gasteiger charge is -2.30. The molecule has 2 unspecified atom stereocenters. The number of benzene rings is 1. The molecule has 1 aromatic carbocycles. The molecule has 1 aromatic rings. The summed E-state index contributed by atoms with van der Waals surface area (Å²) in [7, 11) is 1.57. The van der Waals surface area contributed by atoms with Crippen LogP contribution in [0.1, 0.15) is 32.4 Å². The van der Waals surface area contributed by atoms with Gasteiger partial charge in [-0.05, 0) is 31.7 Å². The van der Waals surface area contributed by atoms with Crippen LogP contribution in [0, 0.1) is 5.92 Å². The SMILES string of the molecule is CCN(CC(C)C(=O)O)C(C)c1cc(OC)ccc1O. The zero-order valence-corrected chi connectivity index (χ0v) is 12.5. The van der Waals surface area contributed by atoms with Crippen LogP contribution in [0.4, 0.5) is 0 Å². The lowest BCUT2D eigenvalue weighted by Crippen LogP contribution is -2.33. The van der Waals surface area contributed by atoms with Gasteiger partial charge in [-0.25, -0.2) is 0 Å². The van der Waals surface area contributed by atoms with Crippen molar-refractivity contribution in [2.75, 3.05) is 20.2 Å². The summed E-state index contributed by atoms with van der Waals surface area (Å²) in [6.07, 6.45) is 0. The number of phenolic OH excluding ortho intramolecular Hbond substituents is 1. The van der Waals surface area contributed by atoms with E-state index in [1.165, 1.54) is 0 Å². The number of carbonyl (C=O) groups is 1. The number of aromatic hydroxyl groups is 1. The molecule has 5 nitrogen and oxygen atoms in total. The van der Waals surface area contributed by atoms with Gasteiger partial charge in [-0.3, -0.25) is 9.69 Å². The molecule has 0 amide bonds. The smallest absolute Gasteiger partial charge is 0.307 e. The summed E-state index contributed by atoms with van der Waals surface area (Å²) in [6.45, 7) is 6.75. The predicted molar refractivity (Wildman–Crippen MR) is 77.1 cm³/mol. The molecule has 2 N–H and O–H groups in total. The molecule has 5 heteroatoms. The van der Waals surface area contributed by atoms with E-state index >= 15 is 0 Å². The molecule has 0 bridgehead atoms. The van der Waals surface area contributed by atoms with Gasteiger partial charge in [0.15, 0.2) is 0 Å². The highest BCUT2D eigenvalue weighted by Gasteiger charge is 2.22. The van der Waals surface area contributed by atoms with Crippen molar-refractivity contribution in [1.82, 2.24) is 4.90 Å². The van der Waals surface area contributed by atoms with Gasteiger partial charge in [0.2, 0.25) is 0 Å². The van der Waals surface area contributed by atoms with E-state index in [0.717, 1.165) is 5.56 Å². The van der Waals surface area contributed by atoms with Crippen LogP contribution < -0.4 is 4.74 Å². The minimum Gasteiger partial charge on any atom is -0.508 e. The molecule has 0 aliphatic heterocycles. The number of hydrogen-bond acceptors (Lipinski definition) is 4. The van der Waals surface area contributed by atoms with E-state index in [9.17, 15) is 9.90 Å². The molecule has 0 saturated carbocycles. The van der Waals surface area contributed by atoms with E-state index in [4.69, 9.17) is 9.84 Å². The van der Waals surface area contributed by atoms with Gasteiger partial charge in [0.1, 0.15) is 11.5 Å². The molecule has 0 heterocycles. The molecule has 0 saturated heterocycles. The highest BCUT2D eigenvalue weighted by atomic mass is 16.5. The number of hydrogen-bond donors (Lipinski definition) is 2. The summed E-state index contributed by atoms with van der Waals surface area (Å²) in [5.74, 6) is -0.401. The summed E-state index contributed by atoms with van der Waals surface area (Å²) in [5.41, 5.74) is 0.740. The zero-order valence-electron chi connectivity index (χ0n) is 12.5. The van der Waals surface area contributed by atoms with Crippen LogP contribution in [-0.2, 0) is 4.79 Å². The van der Waals surface area contributed by atoms with Crippen LogP contribution in [-0.4, -0.2) is 41.3 Å². The van der Waals surface area contributed by atoms with Gasteiger partial charge < -0.3 is 14.9 Å². The van der Waals surface area contributed by atoms with Crippen molar-refractivity contribution < 1.29 is 19.7 Å². The Labute approximate surface area is 119 Å². The minimum absolute atomic E-state index is 0.0862. The number of ether oxygens (including phenoxy) is 1. The van der Waals surface area contributed by atoms with Gasteiger partial charge in [-0.15, -0.1) is 0 Å². The summed E-state index contributed by atoms with van der Waals surface area (Å²) in [5, 5.41) is 19.0. The molecular weight excluding hydrogens is 258 g/mol. The Hall–Kier alpha value is -1.75. The Balaban J connectivity index is 2.95. The Morgan fingerprint density at radius 3 is 2.55 bits per heavy atom. The molecule has 0 aliphatic rings. The van der Waals surface area contributed by atoms with Crippen LogP contribution in [0.25, 0.3) is 0 Å². The van der Waals surface area contributed by atoms with Crippen molar-refractivity contribution in [2.24, 2.45) is 5.92 Å². The third-order valence-corrected chi connectivity index (χ3v) is 3.57. The van der Waals surface area contributed by atoms with Gasteiger partial charge in [-0.2, -0.15) is 0 Å². The average Bonchev–Trinajstić information content (AvgIpc) is 2.44. The first-order valence-electron chi connectivity index (χ1n) is 6.74. The molecule has 0 aliphatic carbocycles. The normalized spacial score (nSPS) is 14.1. The molecule has 0 fully saturated rings. The van der Waals surface area contributed by atoms with Crippen molar-refractivity contribution in [1.29, 1.82) is 0 Å². The van der Waals surface area contributed by atoms with E-state index in [0.29, 0.717) is 18.8 Å². The molecule has 2 atom stereocenters. The van der Waals surface area contributed by atoms with Crippen LogP contribution >= 0.6 is 0 Å². The van der Waals surface area contributed by atoms with E-state index in [1.807, 2.05) is 18.7 Å². The fourth-order valence-corrected chi connectivity index (χ4v) is 2.18. The fraction of sp³-hybridized carbons (Fsp3) is 0.533. The van der Waals surface area contributed by atoms with E-state index in [-0.39, 0.29) is 11.8 Å². The van der Waals surface area contributed by atoms with Gasteiger partial charge in [0, 0.05) is 18.2 Å². The quantitative estimate of drug-likeness (QED) is 0.803. The van der Waals surface area contributed by atoms with Crippen LogP contribution in [0.5, 0.6) is 11.5 Å². The van der Waals surface area contributed by atoms with Gasteiger partial charge >= 0.3 is 5.97 Å². The summed E-state index contributed by atoms with van der Waals surface area (Å²) in [4.78, 5) is 13.0. The number of aliphatic carboxylic acids is 1. The maximum atomic E-state index is 11.0. The van der Waals surface area contributed by atoms with Gasteiger partial charge in [-0.1, -0.05) is 13.8 Å². The fourth-order valence-electron chi connectivity index (χ4n) is 2.18. The van der Waals surface area contributed by atoms with Crippen molar-refractivity contribution in [3.8, 4) is 11.5 Å². The standard InChI is InChI=1S/C15H23NO4/c1-5-16(9-10(2)15(18)19)11(3)13-8-12(20-4)6-7-14(13)17/h6-8,10-11,17H,5,9H2,1-4H3,(H,18,19). The second kappa shape index (κ2) is 7.14. The van der Waals surface area contributed by atoms with E-state index in [2.05, 4.69) is 0 Å². The lowest BCUT2D eigenvalue weighted by molar-refractivity contribution is -0.141. The van der Waals surface area contributed by atoms with E-state index in [1.54, 1.807) is 32.2 Å². The first kappa shape index (κ1) is 16.3. The number of phenols is 1. The Kier molecular flexibility index (Phi) is 5.82. The molecule has 1 rings (SSSR count). The van der Waals surface area contributed by atoms with Crippen molar-refractivity contribution >= 4 is 5.97 Å². The molecule has 20 heavy (non-hydrogen) atoms. The van der Waals surface area contributed by atoms with Crippen LogP contribution in [0.15, 0.2) is 18.2 Å². The number of carboxylic acid groups (broad SMARTS) is 1. The summed E-state index contributed by atoms with van der Waals surface area (Å²) < 4.78 is 5.17. The van der Waals surface area contributed by atoms with E-state index < -0.39 is 11.9 Å². The molecule has 0 aromatic heterocycles. The highest BCUT2D eigenvalue weighted by Crippen LogP contribution is 2.32. The Morgan fingerprint density at radius 2 is 2.05 bits per heavy atom. The maximum absolute atomic E-state index is 11.0. The molecular formula is C15H23NO4. The third kappa shape index (κ3) is 3.87. The molecule has 112 valence electrons. The Bertz CT molecular complexity index is 461. The maximum Gasteiger partial charge on any atom is 0.307 e. The van der Waals surface area contributed by atoms with Crippen molar-refractivity contribution in [3.05, 3.63) is 23.8 Å². The second-order valence-electron chi connectivity index (χ2n) is 4.93. The lowest BCUT2D eigenvalue weighted by atomic mass is 10.0. The van der Waals surface area contributed by atoms with Gasteiger partial charge in [0.25, 0.3) is 0 Å². The number of carboxylic acids is 1. The molecule has 0 radical (unpaired) electrons. The Morgan fingerprint density at radius 1 is 1.40 bits per heavy atom. The van der Waals surface area contributed by atoms with Crippen molar-refractivity contribution in [2.45, 2.75) is 26.8 Å². The summed E-state index contributed by atoms with van der Waals surface area (Å²) in [6, 6.07) is 4.99. The van der Waals surface area contributed by atoms with Gasteiger partial charge in [0.05, 0.1) is 13.0 Å². The third-order valence-electron chi connectivity index (χ3n) is 3.57. The average molecular weight is 281 g/mol. The monoisotopic (exact) mass is 281 g/mol. The highest BCUT2D eigenvalue weighted by molar-refractivity contribution is 5.69. The first-order valence-corrected chi connectivity index (χ1v) is 6.74.